The zero-order chi connectivity index (χ0) is 34.9. The Morgan fingerprint density at radius 3 is 2.54 bits per heavy atom. The third-order valence-corrected chi connectivity index (χ3v) is 10.3. The molecule has 3 aromatic rings. The fourth-order valence-corrected chi connectivity index (χ4v) is 8.25. The van der Waals surface area contributed by atoms with Gasteiger partial charge in [-0.3, -0.25) is 0 Å². The predicted octanol–water partition coefficient (Wildman–Crippen LogP) is 7.04. The minimum atomic E-state index is -1.21. The van der Waals surface area contributed by atoms with Crippen LogP contribution >= 0.6 is 0 Å². The Balaban J connectivity index is 1.61. The van der Waals surface area contributed by atoms with Crippen LogP contribution in [-0.2, 0) is 9.57 Å². The average Bonchev–Trinajstić information content (AvgIpc) is 3.64. The van der Waals surface area contributed by atoms with Gasteiger partial charge in [0, 0.05) is 36.7 Å². The smallest absolute Gasteiger partial charge is 0.241 e. The number of allylic oxidation sites excluding steroid dienone is 1. The first-order valence-electron chi connectivity index (χ1n) is 18.0. The number of aromatic nitrogens is 3. The van der Waals surface area contributed by atoms with E-state index in [2.05, 4.69) is 42.5 Å². The van der Waals surface area contributed by atoms with Crippen LogP contribution in [-0.4, -0.2) is 69.7 Å². The van der Waals surface area contributed by atoms with E-state index in [0.29, 0.717) is 19.6 Å². The summed E-state index contributed by atoms with van der Waals surface area (Å²) < 4.78 is 22.3. The number of ether oxygens (including phenoxy) is 3. The van der Waals surface area contributed by atoms with Crippen molar-refractivity contribution >= 4 is 5.71 Å². The van der Waals surface area contributed by atoms with Gasteiger partial charge < -0.3 is 29.3 Å². The Morgan fingerprint density at radius 1 is 1.02 bits per heavy atom. The van der Waals surface area contributed by atoms with E-state index in [9.17, 15) is 10.2 Å². The number of nitrogens with zero attached hydrogens (tertiary/aromatic N) is 4. The molecule has 1 saturated carbocycles. The number of hydrogen-bond donors (Lipinski definition) is 2. The summed E-state index contributed by atoms with van der Waals surface area (Å²) in [7, 11) is 0. The summed E-state index contributed by atoms with van der Waals surface area (Å²) in [5, 5.41) is 33.4. The number of hydrogen-bond acceptors (Lipinski definition) is 9. The number of oxime groups is 1. The molecule has 0 bridgehead atoms. The molecule has 0 unspecified atom stereocenters. The Bertz CT molecular complexity index is 1650. The van der Waals surface area contributed by atoms with Crippen LogP contribution in [0.3, 0.4) is 0 Å². The second-order valence-corrected chi connectivity index (χ2v) is 13.2. The van der Waals surface area contributed by atoms with Crippen molar-refractivity contribution < 1.29 is 29.3 Å². The topological polar surface area (TPSA) is 120 Å². The maximum atomic E-state index is 9.83. The maximum absolute atomic E-state index is 9.83. The van der Waals surface area contributed by atoms with Crippen LogP contribution in [0.4, 0.5) is 0 Å². The molecule has 266 valence electrons. The van der Waals surface area contributed by atoms with E-state index < -0.39 is 11.8 Å². The van der Waals surface area contributed by atoms with Gasteiger partial charge in [0.05, 0.1) is 30.1 Å². The first-order chi connectivity index (χ1) is 24.6. The van der Waals surface area contributed by atoms with Crippen molar-refractivity contribution in [2.75, 3.05) is 33.0 Å². The number of benzene rings is 2. The lowest BCUT2D eigenvalue weighted by molar-refractivity contribution is -0.251. The third kappa shape index (κ3) is 7.02. The Labute approximate surface area is 295 Å². The molecule has 2 N–H and O–H groups in total. The highest BCUT2D eigenvalue weighted by molar-refractivity contribution is 6.02. The standard InChI is InChI=1S/C40H50N4O6/c1-4-22-47-30-18-19-36-33(25-30)38-31(17-11-13-21-46)29(16-10-12-20-45)24-32-34(42-49-6-3)26-37(40(50-36,39(32)38)48-23-5-2)44-35(27-41-43-44)28-14-8-7-9-15-28/h4-5,7-9,14-15,18-19,24-25,27,29,31,37-39,45-46H,1-2,6,10-13,16-17,20-23,26H2,3H3/t29-,31+,37-,38+,39+,40+/m0/s1. The van der Waals surface area contributed by atoms with Crippen molar-refractivity contribution in [3.63, 3.8) is 0 Å². The molecule has 2 aromatic carbocycles. The summed E-state index contributed by atoms with van der Waals surface area (Å²) in [5.41, 5.74) is 4.77. The molecule has 6 rings (SSSR count). The third-order valence-electron chi connectivity index (χ3n) is 10.3. The predicted molar refractivity (Wildman–Crippen MR) is 193 cm³/mol. The van der Waals surface area contributed by atoms with E-state index in [1.165, 1.54) is 0 Å². The Hall–Kier alpha value is -4.25. The molecule has 1 aromatic heterocycles. The van der Waals surface area contributed by atoms with Gasteiger partial charge in [0.25, 0.3) is 0 Å². The second-order valence-electron chi connectivity index (χ2n) is 13.2. The van der Waals surface area contributed by atoms with E-state index in [-0.39, 0.29) is 43.5 Å². The molecule has 3 aliphatic rings. The summed E-state index contributed by atoms with van der Waals surface area (Å²) in [6.45, 7) is 11.2. The fraction of sp³-hybridized carbons (Fsp3) is 0.475. The fourth-order valence-electron chi connectivity index (χ4n) is 8.25. The highest BCUT2D eigenvalue weighted by atomic mass is 16.7. The van der Waals surface area contributed by atoms with Crippen molar-refractivity contribution in [1.82, 2.24) is 15.0 Å². The summed E-state index contributed by atoms with van der Waals surface area (Å²) >= 11 is 0. The average molecular weight is 683 g/mol. The second kappa shape index (κ2) is 16.6. The summed E-state index contributed by atoms with van der Waals surface area (Å²) in [6, 6.07) is 15.7. The van der Waals surface area contributed by atoms with Crippen molar-refractivity contribution in [3.05, 3.63) is 97.3 Å². The molecule has 0 radical (unpaired) electrons. The molecule has 1 fully saturated rings. The number of fused-ring (bicyclic) bond motifs is 2. The molecule has 10 nitrogen and oxygen atoms in total. The molecule has 2 heterocycles. The molecule has 10 heteroatoms. The molecular weight excluding hydrogens is 632 g/mol. The number of aliphatic hydroxyl groups excluding tert-OH is 2. The normalized spacial score (nSPS) is 25.9. The van der Waals surface area contributed by atoms with Gasteiger partial charge in [-0.25, -0.2) is 4.68 Å². The van der Waals surface area contributed by atoms with Crippen molar-refractivity contribution in [2.45, 2.75) is 69.6 Å². The molecule has 0 saturated heterocycles. The molecular formula is C40H50N4O6. The lowest BCUT2D eigenvalue weighted by atomic mass is 9.55. The lowest BCUT2D eigenvalue weighted by Crippen LogP contribution is -2.63. The van der Waals surface area contributed by atoms with E-state index in [4.69, 9.17) is 29.4 Å². The van der Waals surface area contributed by atoms with Gasteiger partial charge in [0.2, 0.25) is 5.79 Å². The zero-order valence-corrected chi connectivity index (χ0v) is 29.0. The van der Waals surface area contributed by atoms with Gasteiger partial charge in [-0.15, -0.1) is 11.7 Å². The zero-order valence-electron chi connectivity index (χ0n) is 29.0. The van der Waals surface area contributed by atoms with Gasteiger partial charge in [-0.05, 0) is 68.2 Å². The van der Waals surface area contributed by atoms with Crippen LogP contribution in [0.25, 0.3) is 11.3 Å². The van der Waals surface area contributed by atoms with Gasteiger partial charge >= 0.3 is 0 Å². The van der Waals surface area contributed by atoms with Gasteiger partial charge in [-0.2, -0.15) is 0 Å². The SMILES string of the molecule is C=CCOc1ccc2c(c1)[C@H]1[C@H](CCCCO)[C@@H](CCCCO)C=C3C(=NOCC)C[C@H](n4nncc4-c4ccccc4)[C@@](OCC=C)(O2)[C@H]31. The minimum absolute atomic E-state index is 0.0630. The van der Waals surface area contributed by atoms with Crippen LogP contribution in [0.15, 0.2) is 96.8 Å². The van der Waals surface area contributed by atoms with E-state index in [0.717, 1.165) is 78.1 Å². The van der Waals surface area contributed by atoms with Crippen LogP contribution in [0.2, 0.25) is 0 Å². The summed E-state index contributed by atoms with van der Waals surface area (Å²) in [5.74, 6) is 0.263. The number of aliphatic hydroxyl groups is 2. The van der Waals surface area contributed by atoms with Gasteiger partial charge in [0.1, 0.15) is 30.8 Å². The quantitative estimate of drug-likeness (QED) is 0.0834. The first kappa shape index (κ1) is 35.6. The van der Waals surface area contributed by atoms with Crippen molar-refractivity contribution in [2.24, 2.45) is 22.9 Å². The van der Waals surface area contributed by atoms with Crippen LogP contribution in [0, 0.1) is 17.8 Å². The van der Waals surface area contributed by atoms with Gasteiger partial charge in [-0.1, -0.05) is 78.3 Å². The minimum Gasteiger partial charge on any atom is -0.490 e. The van der Waals surface area contributed by atoms with E-state index in [1.54, 1.807) is 18.3 Å². The summed E-state index contributed by atoms with van der Waals surface area (Å²) in [4.78, 5) is 5.83. The van der Waals surface area contributed by atoms with Crippen molar-refractivity contribution in [3.8, 4) is 22.8 Å². The molecule has 0 amide bonds. The maximum Gasteiger partial charge on any atom is 0.241 e. The molecule has 2 aliphatic carbocycles. The van der Waals surface area contributed by atoms with E-state index in [1.807, 2.05) is 41.9 Å². The molecule has 50 heavy (non-hydrogen) atoms. The molecule has 6 atom stereocenters. The van der Waals surface area contributed by atoms with Gasteiger partial charge in [0.15, 0.2) is 0 Å². The highest BCUT2D eigenvalue weighted by Crippen LogP contribution is 2.63. The molecule has 0 spiro atoms. The Morgan fingerprint density at radius 2 is 1.80 bits per heavy atom. The van der Waals surface area contributed by atoms with E-state index >= 15 is 0 Å². The number of unbranched alkanes of at least 4 members (excludes halogenated alkanes) is 2. The summed E-state index contributed by atoms with van der Waals surface area (Å²) in [6.07, 6.45) is 13.1. The van der Waals surface area contributed by atoms with Crippen LogP contribution in [0.1, 0.15) is 69.4 Å². The van der Waals surface area contributed by atoms with Crippen LogP contribution < -0.4 is 9.47 Å². The first-order valence-corrected chi connectivity index (χ1v) is 18.0. The number of rotatable bonds is 18. The molecule has 1 aliphatic heterocycles. The van der Waals surface area contributed by atoms with Crippen molar-refractivity contribution in [1.29, 1.82) is 0 Å². The Kier molecular flexibility index (Phi) is 11.8. The lowest BCUT2D eigenvalue weighted by Gasteiger charge is -2.58. The largest absolute Gasteiger partial charge is 0.490 e. The highest BCUT2D eigenvalue weighted by Gasteiger charge is 2.65. The monoisotopic (exact) mass is 682 g/mol. The van der Waals surface area contributed by atoms with Crippen LogP contribution in [0.5, 0.6) is 11.5 Å².